The van der Waals surface area contributed by atoms with E-state index in [0.717, 1.165) is 31.5 Å². The van der Waals surface area contributed by atoms with Crippen molar-refractivity contribution in [2.45, 2.75) is 46.3 Å². The van der Waals surface area contributed by atoms with E-state index in [-0.39, 0.29) is 6.23 Å². The minimum atomic E-state index is 0.0369. The SMILES string of the molecule is CCCCN(c1ccccc1O)C(CC)OCC. The Morgan fingerprint density at radius 2 is 1.94 bits per heavy atom. The molecule has 1 rings (SSSR count). The van der Waals surface area contributed by atoms with Crippen molar-refractivity contribution in [2.24, 2.45) is 0 Å². The van der Waals surface area contributed by atoms with Crippen LogP contribution in [0.4, 0.5) is 5.69 Å². The first-order valence-electron chi connectivity index (χ1n) is 6.90. The summed E-state index contributed by atoms with van der Waals surface area (Å²) in [5, 5.41) is 10.00. The molecule has 0 aliphatic carbocycles. The Morgan fingerprint density at radius 1 is 1.22 bits per heavy atom. The van der Waals surface area contributed by atoms with E-state index in [2.05, 4.69) is 18.7 Å². The number of anilines is 1. The molecule has 0 aliphatic heterocycles. The number of hydrogen-bond donors (Lipinski definition) is 1. The molecular weight excluding hydrogens is 226 g/mol. The number of para-hydroxylation sites is 2. The zero-order chi connectivity index (χ0) is 13.4. The molecule has 0 fully saturated rings. The summed E-state index contributed by atoms with van der Waals surface area (Å²) in [5.74, 6) is 0.326. The Kier molecular flexibility index (Phi) is 6.58. The average Bonchev–Trinajstić information content (AvgIpc) is 2.39. The van der Waals surface area contributed by atoms with Crippen LogP contribution in [0.25, 0.3) is 0 Å². The molecular formula is C15H25NO2. The van der Waals surface area contributed by atoms with Gasteiger partial charge in [-0.15, -0.1) is 0 Å². The maximum atomic E-state index is 10.00. The van der Waals surface area contributed by atoms with Crippen molar-refractivity contribution in [1.29, 1.82) is 0 Å². The maximum absolute atomic E-state index is 10.00. The fourth-order valence-corrected chi connectivity index (χ4v) is 2.08. The van der Waals surface area contributed by atoms with Gasteiger partial charge in [-0.1, -0.05) is 32.4 Å². The molecule has 0 saturated heterocycles. The van der Waals surface area contributed by atoms with Gasteiger partial charge in [-0.3, -0.25) is 0 Å². The Balaban J connectivity index is 2.92. The smallest absolute Gasteiger partial charge is 0.138 e. The summed E-state index contributed by atoms with van der Waals surface area (Å²) in [4.78, 5) is 2.17. The van der Waals surface area contributed by atoms with E-state index in [1.807, 2.05) is 25.1 Å². The molecule has 3 nitrogen and oxygen atoms in total. The van der Waals surface area contributed by atoms with Crippen LogP contribution in [0.15, 0.2) is 24.3 Å². The Hall–Kier alpha value is -1.22. The summed E-state index contributed by atoms with van der Waals surface area (Å²) in [6.45, 7) is 7.89. The van der Waals surface area contributed by atoms with Gasteiger partial charge in [-0.2, -0.15) is 0 Å². The zero-order valence-corrected chi connectivity index (χ0v) is 11.7. The standard InChI is InChI=1S/C15H25NO2/c1-4-7-12-16(15(5-2)18-6-3)13-10-8-9-11-14(13)17/h8-11,15,17H,4-7,12H2,1-3H3. The number of phenolic OH excluding ortho intramolecular Hbond substituents is 1. The Bertz CT molecular complexity index is 341. The zero-order valence-electron chi connectivity index (χ0n) is 11.7. The molecule has 0 aliphatic rings. The number of ether oxygens (including phenoxy) is 1. The first-order valence-corrected chi connectivity index (χ1v) is 6.90. The van der Waals surface area contributed by atoms with Gasteiger partial charge in [0, 0.05) is 13.2 Å². The highest BCUT2D eigenvalue weighted by Crippen LogP contribution is 2.29. The number of rotatable bonds is 8. The predicted molar refractivity (Wildman–Crippen MR) is 76.1 cm³/mol. The van der Waals surface area contributed by atoms with Gasteiger partial charge in [-0.25, -0.2) is 0 Å². The van der Waals surface area contributed by atoms with Gasteiger partial charge in [-0.05, 0) is 31.9 Å². The van der Waals surface area contributed by atoms with Gasteiger partial charge in [0.1, 0.15) is 12.0 Å². The van der Waals surface area contributed by atoms with Crippen molar-refractivity contribution < 1.29 is 9.84 Å². The van der Waals surface area contributed by atoms with Crippen LogP contribution in [0.2, 0.25) is 0 Å². The van der Waals surface area contributed by atoms with Crippen LogP contribution in [0.1, 0.15) is 40.0 Å². The van der Waals surface area contributed by atoms with Gasteiger partial charge in [0.25, 0.3) is 0 Å². The van der Waals surface area contributed by atoms with Crippen LogP contribution in [0.3, 0.4) is 0 Å². The molecule has 18 heavy (non-hydrogen) atoms. The highest BCUT2D eigenvalue weighted by atomic mass is 16.5. The summed E-state index contributed by atoms with van der Waals surface area (Å²) < 4.78 is 5.77. The maximum Gasteiger partial charge on any atom is 0.138 e. The fourth-order valence-electron chi connectivity index (χ4n) is 2.08. The summed E-state index contributed by atoms with van der Waals surface area (Å²) >= 11 is 0. The molecule has 1 aromatic carbocycles. The molecule has 0 spiro atoms. The van der Waals surface area contributed by atoms with Crippen LogP contribution in [-0.4, -0.2) is 24.5 Å². The van der Waals surface area contributed by atoms with Crippen molar-refractivity contribution in [3.05, 3.63) is 24.3 Å². The van der Waals surface area contributed by atoms with E-state index in [0.29, 0.717) is 12.4 Å². The lowest BCUT2D eigenvalue weighted by Crippen LogP contribution is -2.38. The first-order chi connectivity index (χ1) is 8.74. The number of aromatic hydroxyl groups is 1. The number of nitrogens with zero attached hydrogens (tertiary/aromatic N) is 1. The van der Waals surface area contributed by atoms with Crippen molar-refractivity contribution in [3.8, 4) is 5.75 Å². The first kappa shape index (κ1) is 14.8. The number of phenols is 1. The van der Waals surface area contributed by atoms with E-state index in [9.17, 15) is 5.11 Å². The predicted octanol–water partition coefficient (Wildman–Crippen LogP) is 3.77. The van der Waals surface area contributed by atoms with E-state index >= 15 is 0 Å². The lowest BCUT2D eigenvalue weighted by atomic mass is 10.2. The minimum Gasteiger partial charge on any atom is -0.506 e. The van der Waals surface area contributed by atoms with E-state index in [1.54, 1.807) is 6.07 Å². The quantitative estimate of drug-likeness (QED) is 0.714. The van der Waals surface area contributed by atoms with E-state index in [4.69, 9.17) is 4.74 Å². The summed E-state index contributed by atoms with van der Waals surface area (Å²) in [6.07, 6.45) is 3.17. The summed E-state index contributed by atoms with van der Waals surface area (Å²) in [7, 11) is 0. The number of benzene rings is 1. The third-order valence-electron chi connectivity index (χ3n) is 3.00. The van der Waals surface area contributed by atoms with Gasteiger partial charge in [0.2, 0.25) is 0 Å². The summed E-state index contributed by atoms with van der Waals surface area (Å²) in [6, 6.07) is 7.48. The molecule has 1 N–H and O–H groups in total. The average molecular weight is 251 g/mol. The molecule has 0 amide bonds. The van der Waals surface area contributed by atoms with Crippen LogP contribution >= 0.6 is 0 Å². The normalized spacial score (nSPS) is 12.4. The van der Waals surface area contributed by atoms with Crippen molar-refractivity contribution in [2.75, 3.05) is 18.1 Å². The van der Waals surface area contributed by atoms with Crippen molar-refractivity contribution >= 4 is 5.69 Å². The van der Waals surface area contributed by atoms with Crippen LogP contribution in [-0.2, 0) is 4.74 Å². The third-order valence-corrected chi connectivity index (χ3v) is 3.00. The largest absolute Gasteiger partial charge is 0.506 e. The van der Waals surface area contributed by atoms with Crippen LogP contribution in [0, 0.1) is 0 Å². The summed E-state index contributed by atoms with van der Waals surface area (Å²) in [5.41, 5.74) is 0.867. The molecule has 0 aromatic heterocycles. The molecule has 0 saturated carbocycles. The van der Waals surface area contributed by atoms with Gasteiger partial charge < -0.3 is 14.7 Å². The second-order valence-electron chi connectivity index (χ2n) is 4.35. The molecule has 3 heteroatoms. The van der Waals surface area contributed by atoms with Gasteiger partial charge in [0.05, 0.1) is 5.69 Å². The highest BCUT2D eigenvalue weighted by molar-refractivity contribution is 5.57. The van der Waals surface area contributed by atoms with Crippen LogP contribution < -0.4 is 4.90 Å². The topological polar surface area (TPSA) is 32.7 Å². The monoisotopic (exact) mass is 251 g/mol. The highest BCUT2D eigenvalue weighted by Gasteiger charge is 2.19. The van der Waals surface area contributed by atoms with Gasteiger partial charge in [0.15, 0.2) is 0 Å². The second kappa shape index (κ2) is 7.98. The molecule has 1 unspecified atom stereocenters. The number of unbranched alkanes of at least 4 members (excludes halogenated alkanes) is 1. The Labute approximate surface area is 110 Å². The molecule has 0 heterocycles. The van der Waals surface area contributed by atoms with Crippen LogP contribution in [0.5, 0.6) is 5.75 Å². The molecule has 102 valence electrons. The second-order valence-corrected chi connectivity index (χ2v) is 4.35. The lowest BCUT2D eigenvalue weighted by molar-refractivity contribution is 0.0569. The lowest BCUT2D eigenvalue weighted by Gasteiger charge is -2.33. The fraction of sp³-hybridized carbons (Fsp3) is 0.600. The molecule has 1 atom stereocenters. The van der Waals surface area contributed by atoms with Crippen molar-refractivity contribution in [1.82, 2.24) is 0 Å². The molecule has 1 aromatic rings. The van der Waals surface area contributed by atoms with Gasteiger partial charge >= 0.3 is 0 Å². The third kappa shape index (κ3) is 3.91. The van der Waals surface area contributed by atoms with Crippen molar-refractivity contribution in [3.63, 3.8) is 0 Å². The van der Waals surface area contributed by atoms with E-state index < -0.39 is 0 Å². The molecule has 0 bridgehead atoms. The minimum absolute atomic E-state index is 0.0369. The Morgan fingerprint density at radius 3 is 2.50 bits per heavy atom. The number of hydrogen-bond acceptors (Lipinski definition) is 3. The van der Waals surface area contributed by atoms with E-state index in [1.165, 1.54) is 0 Å². The molecule has 0 radical (unpaired) electrons.